The molecule has 1 aliphatic rings. The molecular weight excluding hydrogens is 132 g/mol. The SMILES string of the molecule is NCC(=O)[C@@H]1CCC(=O)N1. The Labute approximate surface area is 58.8 Å². The van der Waals surface area contributed by atoms with Gasteiger partial charge >= 0.3 is 0 Å². The fourth-order valence-corrected chi connectivity index (χ4v) is 0.998. The first kappa shape index (κ1) is 7.21. The van der Waals surface area contributed by atoms with Crippen LogP contribution in [0.25, 0.3) is 0 Å². The van der Waals surface area contributed by atoms with E-state index in [1.165, 1.54) is 0 Å². The van der Waals surface area contributed by atoms with E-state index >= 15 is 0 Å². The van der Waals surface area contributed by atoms with Gasteiger partial charge in [-0.25, -0.2) is 0 Å². The maximum absolute atomic E-state index is 10.8. The molecule has 56 valence electrons. The van der Waals surface area contributed by atoms with Gasteiger partial charge in [0.25, 0.3) is 0 Å². The fraction of sp³-hybridized carbons (Fsp3) is 0.667. The number of hydrogen-bond acceptors (Lipinski definition) is 3. The summed E-state index contributed by atoms with van der Waals surface area (Å²) in [5.74, 6) is -0.127. The van der Waals surface area contributed by atoms with Crippen molar-refractivity contribution in [1.29, 1.82) is 0 Å². The molecule has 0 aromatic rings. The topological polar surface area (TPSA) is 72.2 Å². The predicted molar refractivity (Wildman–Crippen MR) is 35.2 cm³/mol. The van der Waals surface area contributed by atoms with Crippen molar-refractivity contribution >= 4 is 11.7 Å². The van der Waals surface area contributed by atoms with Crippen molar-refractivity contribution in [1.82, 2.24) is 5.32 Å². The summed E-state index contributed by atoms with van der Waals surface area (Å²) in [5.41, 5.74) is 5.10. The summed E-state index contributed by atoms with van der Waals surface area (Å²) in [7, 11) is 0. The van der Waals surface area contributed by atoms with Gasteiger partial charge in [-0.2, -0.15) is 0 Å². The van der Waals surface area contributed by atoms with Gasteiger partial charge in [0.15, 0.2) is 5.78 Å². The second-order valence-electron chi connectivity index (χ2n) is 2.33. The van der Waals surface area contributed by atoms with Gasteiger partial charge in [0, 0.05) is 6.42 Å². The Morgan fingerprint density at radius 2 is 2.50 bits per heavy atom. The molecule has 1 saturated heterocycles. The number of rotatable bonds is 2. The van der Waals surface area contributed by atoms with Crippen LogP contribution in [0.4, 0.5) is 0 Å². The highest BCUT2D eigenvalue weighted by atomic mass is 16.2. The normalized spacial score (nSPS) is 24.5. The van der Waals surface area contributed by atoms with Crippen LogP contribution < -0.4 is 11.1 Å². The number of hydrogen-bond donors (Lipinski definition) is 2. The van der Waals surface area contributed by atoms with Crippen molar-refractivity contribution in [2.45, 2.75) is 18.9 Å². The Hall–Kier alpha value is -0.900. The zero-order valence-electron chi connectivity index (χ0n) is 5.59. The molecule has 0 aromatic carbocycles. The molecule has 1 amide bonds. The van der Waals surface area contributed by atoms with E-state index in [2.05, 4.69) is 5.32 Å². The maximum atomic E-state index is 10.8. The van der Waals surface area contributed by atoms with Gasteiger partial charge in [0.05, 0.1) is 12.6 Å². The molecule has 1 heterocycles. The van der Waals surface area contributed by atoms with E-state index in [1.807, 2.05) is 0 Å². The molecule has 3 N–H and O–H groups in total. The van der Waals surface area contributed by atoms with E-state index in [0.29, 0.717) is 12.8 Å². The van der Waals surface area contributed by atoms with Gasteiger partial charge in [-0.15, -0.1) is 0 Å². The van der Waals surface area contributed by atoms with Crippen LogP contribution in [0, 0.1) is 0 Å². The Morgan fingerprint density at radius 1 is 1.80 bits per heavy atom. The minimum Gasteiger partial charge on any atom is -0.346 e. The van der Waals surface area contributed by atoms with Crippen LogP contribution in [0.2, 0.25) is 0 Å². The third-order valence-corrected chi connectivity index (χ3v) is 1.59. The van der Waals surface area contributed by atoms with Gasteiger partial charge in [0.2, 0.25) is 5.91 Å². The molecule has 0 radical (unpaired) electrons. The summed E-state index contributed by atoms with van der Waals surface area (Å²) < 4.78 is 0. The molecule has 0 unspecified atom stereocenters. The molecule has 0 aliphatic carbocycles. The highest BCUT2D eigenvalue weighted by molar-refractivity contribution is 5.92. The first-order valence-corrected chi connectivity index (χ1v) is 3.26. The molecule has 4 nitrogen and oxygen atoms in total. The molecule has 0 spiro atoms. The molecule has 4 heteroatoms. The van der Waals surface area contributed by atoms with Crippen molar-refractivity contribution in [2.24, 2.45) is 5.73 Å². The third-order valence-electron chi connectivity index (χ3n) is 1.59. The van der Waals surface area contributed by atoms with E-state index in [-0.39, 0.29) is 24.3 Å². The van der Waals surface area contributed by atoms with Crippen molar-refractivity contribution in [2.75, 3.05) is 6.54 Å². The van der Waals surface area contributed by atoms with Crippen LogP contribution in [-0.4, -0.2) is 24.3 Å². The first-order valence-electron chi connectivity index (χ1n) is 3.26. The number of carbonyl (C=O) groups excluding carboxylic acids is 2. The number of nitrogens with one attached hydrogen (secondary N) is 1. The summed E-state index contributed by atoms with van der Waals surface area (Å²) in [6.45, 7) is 0.0188. The number of nitrogens with two attached hydrogens (primary N) is 1. The minimum absolute atomic E-state index is 0.0188. The van der Waals surface area contributed by atoms with Gasteiger partial charge in [0.1, 0.15) is 0 Å². The summed E-state index contributed by atoms with van der Waals surface area (Å²) in [4.78, 5) is 21.4. The largest absolute Gasteiger partial charge is 0.346 e. The molecule has 0 bridgehead atoms. The molecule has 1 atom stereocenters. The molecular formula is C6H10N2O2. The number of carbonyl (C=O) groups is 2. The van der Waals surface area contributed by atoms with Gasteiger partial charge in [-0.3, -0.25) is 9.59 Å². The molecule has 0 aromatic heterocycles. The third kappa shape index (κ3) is 1.33. The lowest BCUT2D eigenvalue weighted by Gasteiger charge is -2.04. The summed E-state index contributed by atoms with van der Waals surface area (Å²) in [5, 5.41) is 2.54. The zero-order valence-corrected chi connectivity index (χ0v) is 5.59. The van der Waals surface area contributed by atoms with Crippen molar-refractivity contribution in [3.63, 3.8) is 0 Å². The van der Waals surface area contributed by atoms with Gasteiger partial charge in [-0.05, 0) is 6.42 Å². The smallest absolute Gasteiger partial charge is 0.220 e. The standard InChI is InChI=1S/C6H10N2O2/c7-3-5(9)4-1-2-6(10)8-4/h4H,1-3,7H2,(H,8,10)/t4-/m0/s1. The number of amides is 1. The number of ketones is 1. The highest BCUT2D eigenvalue weighted by Crippen LogP contribution is 2.06. The van der Waals surface area contributed by atoms with Crippen LogP contribution >= 0.6 is 0 Å². The average Bonchev–Trinajstić information content (AvgIpc) is 2.34. The zero-order chi connectivity index (χ0) is 7.56. The molecule has 1 aliphatic heterocycles. The molecule has 10 heavy (non-hydrogen) atoms. The van der Waals surface area contributed by atoms with Crippen LogP contribution in [0.3, 0.4) is 0 Å². The van der Waals surface area contributed by atoms with Gasteiger partial charge < -0.3 is 11.1 Å². The van der Waals surface area contributed by atoms with Crippen LogP contribution in [-0.2, 0) is 9.59 Å². The molecule has 1 rings (SSSR count). The van der Waals surface area contributed by atoms with E-state index < -0.39 is 0 Å². The summed E-state index contributed by atoms with van der Waals surface area (Å²) >= 11 is 0. The minimum atomic E-state index is -0.308. The Bertz CT molecular complexity index is 167. The lowest BCUT2D eigenvalue weighted by atomic mass is 10.1. The quantitative estimate of drug-likeness (QED) is 0.508. The predicted octanol–water partition coefficient (Wildman–Crippen LogP) is -1.21. The van der Waals surface area contributed by atoms with E-state index in [9.17, 15) is 9.59 Å². The summed E-state index contributed by atoms with van der Waals surface area (Å²) in [6, 6.07) is -0.308. The lowest BCUT2D eigenvalue weighted by Crippen LogP contribution is -2.36. The Balaban J connectivity index is 2.44. The summed E-state index contributed by atoms with van der Waals surface area (Å²) in [6.07, 6.45) is 1.06. The highest BCUT2D eigenvalue weighted by Gasteiger charge is 2.25. The molecule has 1 fully saturated rings. The second kappa shape index (κ2) is 2.79. The van der Waals surface area contributed by atoms with Crippen molar-refractivity contribution in [3.8, 4) is 0 Å². The monoisotopic (exact) mass is 142 g/mol. The lowest BCUT2D eigenvalue weighted by molar-refractivity contribution is -0.123. The second-order valence-corrected chi connectivity index (χ2v) is 2.33. The average molecular weight is 142 g/mol. The molecule has 0 saturated carbocycles. The van der Waals surface area contributed by atoms with Crippen molar-refractivity contribution < 1.29 is 9.59 Å². The first-order chi connectivity index (χ1) is 4.74. The maximum Gasteiger partial charge on any atom is 0.220 e. The number of Topliss-reactive ketones (excluding diaryl/α,β-unsaturated/α-hetero) is 1. The van der Waals surface area contributed by atoms with Crippen LogP contribution in [0.1, 0.15) is 12.8 Å². The van der Waals surface area contributed by atoms with Crippen LogP contribution in [0.5, 0.6) is 0 Å². The van der Waals surface area contributed by atoms with Gasteiger partial charge in [-0.1, -0.05) is 0 Å². The van der Waals surface area contributed by atoms with E-state index in [4.69, 9.17) is 5.73 Å². The van der Waals surface area contributed by atoms with E-state index in [0.717, 1.165) is 0 Å². The fourth-order valence-electron chi connectivity index (χ4n) is 0.998. The van der Waals surface area contributed by atoms with Crippen LogP contribution in [0.15, 0.2) is 0 Å². The Kier molecular flexibility index (Phi) is 2.01. The van der Waals surface area contributed by atoms with Crippen molar-refractivity contribution in [3.05, 3.63) is 0 Å². The Morgan fingerprint density at radius 3 is 2.90 bits per heavy atom. The van der Waals surface area contributed by atoms with E-state index in [1.54, 1.807) is 0 Å².